The maximum Gasteiger partial charge on any atom is 0.233 e. The highest BCUT2D eigenvalue weighted by molar-refractivity contribution is 5.84. The van der Waals surface area contributed by atoms with Crippen LogP contribution in [-0.2, 0) is 9.59 Å². The van der Waals surface area contributed by atoms with E-state index in [1.165, 1.54) is 0 Å². The number of rotatable bonds is 5. The Kier molecular flexibility index (Phi) is 5.91. The lowest BCUT2D eigenvalue weighted by Gasteiger charge is -2.36. The van der Waals surface area contributed by atoms with E-state index >= 15 is 0 Å². The van der Waals surface area contributed by atoms with Crippen molar-refractivity contribution in [3.63, 3.8) is 0 Å². The third-order valence-electron chi connectivity index (χ3n) is 4.07. The lowest BCUT2D eigenvalue weighted by Crippen LogP contribution is -2.52. The molecule has 1 aromatic carbocycles. The average Bonchev–Trinajstić information content (AvgIpc) is 2.57. The molecule has 120 valence electrons. The zero-order valence-corrected chi connectivity index (χ0v) is 13.0. The highest BCUT2D eigenvalue weighted by atomic mass is 16.2. The van der Waals surface area contributed by atoms with Gasteiger partial charge < -0.3 is 16.0 Å². The topological polar surface area (TPSA) is 78.7 Å². The number of amides is 2. The van der Waals surface area contributed by atoms with Crippen LogP contribution < -0.4 is 11.1 Å². The molecular weight excluding hydrogens is 280 g/mol. The number of benzene rings is 1. The summed E-state index contributed by atoms with van der Waals surface area (Å²) in [6.45, 7) is 3.40. The van der Waals surface area contributed by atoms with Gasteiger partial charge in [-0.1, -0.05) is 30.3 Å². The van der Waals surface area contributed by atoms with Gasteiger partial charge in [-0.3, -0.25) is 14.5 Å². The summed E-state index contributed by atoms with van der Waals surface area (Å²) in [6.07, 6.45) is 0. The van der Waals surface area contributed by atoms with Gasteiger partial charge in [0.15, 0.2) is 0 Å². The van der Waals surface area contributed by atoms with Crippen molar-refractivity contribution in [2.75, 3.05) is 46.3 Å². The number of nitrogens with one attached hydrogen (secondary N) is 1. The first-order chi connectivity index (χ1) is 10.7. The lowest BCUT2D eigenvalue weighted by molar-refractivity contribution is -0.134. The molecule has 0 saturated carbocycles. The summed E-state index contributed by atoms with van der Waals surface area (Å²) in [6, 6.07) is 9.66. The smallest absolute Gasteiger partial charge is 0.233 e. The quantitative estimate of drug-likeness (QED) is 0.777. The van der Waals surface area contributed by atoms with E-state index in [0.717, 1.165) is 5.56 Å². The van der Waals surface area contributed by atoms with E-state index in [-0.39, 0.29) is 17.7 Å². The first-order valence-corrected chi connectivity index (χ1v) is 7.62. The predicted octanol–water partition coefficient (Wildman–Crippen LogP) is -0.381. The Morgan fingerprint density at radius 1 is 1.18 bits per heavy atom. The Balaban J connectivity index is 1.92. The minimum absolute atomic E-state index is 0.00361. The summed E-state index contributed by atoms with van der Waals surface area (Å²) >= 11 is 0. The molecular formula is C16H24N4O2. The molecule has 1 unspecified atom stereocenters. The first kappa shape index (κ1) is 16.5. The zero-order valence-electron chi connectivity index (χ0n) is 13.0. The SMILES string of the molecule is CNC(=O)CN1CCN(C(=O)C(CN)c2ccccc2)CC1. The molecule has 0 aromatic heterocycles. The Hall–Kier alpha value is -1.92. The van der Waals surface area contributed by atoms with Crippen LogP contribution in [0.1, 0.15) is 11.5 Å². The van der Waals surface area contributed by atoms with Gasteiger partial charge in [0.05, 0.1) is 12.5 Å². The maximum absolute atomic E-state index is 12.7. The normalized spacial score (nSPS) is 17.1. The number of carbonyl (C=O) groups is 2. The summed E-state index contributed by atoms with van der Waals surface area (Å²) in [7, 11) is 1.63. The van der Waals surface area contributed by atoms with Crippen molar-refractivity contribution in [3.8, 4) is 0 Å². The third-order valence-corrected chi connectivity index (χ3v) is 4.07. The molecule has 1 aromatic rings. The van der Waals surface area contributed by atoms with Gasteiger partial charge >= 0.3 is 0 Å². The first-order valence-electron chi connectivity index (χ1n) is 7.62. The van der Waals surface area contributed by atoms with Gasteiger partial charge in [0.2, 0.25) is 11.8 Å². The van der Waals surface area contributed by atoms with Crippen LogP contribution >= 0.6 is 0 Å². The van der Waals surface area contributed by atoms with Crippen LogP contribution in [0, 0.1) is 0 Å². The number of carbonyl (C=O) groups excluding carboxylic acids is 2. The standard InChI is InChI=1S/C16H24N4O2/c1-18-15(21)12-19-7-9-20(10-8-19)16(22)14(11-17)13-5-3-2-4-6-13/h2-6,14H,7-12,17H2,1H3,(H,18,21). The molecule has 0 aliphatic carbocycles. The van der Waals surface area contributed by atoms with Crippen molar-refractivity contribution < 1.29 is 9.59 Å². The van der Waals surface area contributed by atoms with Crippen LogP contribution in [0.15, 0.2) is 30.3 Å². The second kappa shape index (κ2) is 7.91. The molecule has 1 atom stereocenters. The predicted molar refractivity (Wildman–Crippen MR) is 85.3 cm³/mol. The fourth-order valence-electron chi connectivity index (χ4n) is 2.69. The number of likely N-dealkylation sites (N-methyl/N-ethyl adjacent to an activating group) is 1. The van der Waals surface area contributed by atoms with Crippen LogP contribution in [0.2, 0.25) is 0 Å². The fraction of sp³-hybridized carbons (Fsp3) is 0.500. The summed E-state index contributed by atoms with van der Waals surface area (Å²) in [5.74, 6) is -0.205. The monoisotopic (exact) mass is 304 g/mol. The van der Waals surface area contributed by atoms with Crippen molar-refractivity contribution in [1.82, 2.24) is 15.1 Å². The van der Waals surface area contributed by atoms with Crippen LogP contribution in [-0.4, -0.2) is 67.9 Å². The van der Waals surface area contributed by atoms with Crippen molar-refractivity contribution >= 4 is 11.8 Å². The molecule has 1 aliphatic heterocycles. The Morgan fingerprint density at radius 2 is 1.82 bits per heavy atom. The van der Waals surface area contributed by atoms with Gasteiger partial charge in [-0.2, -0.15) is 0 Å². The number of nitrogens with two attached hydrogens (primary N) is 1. The molecule has 6 heteroatoms. The molecule has 3 N–H and O–H groups in total. The van der Waals surface area contributed by atoms with Gasteiger partial charge in [0.1, 0.15) is 0 Å². The Bertz CT molecular complexity index is 498. The van der Waals surface area contributed by atoms with Crippen LogP contribution in [0.25, 0.3) is 0 Å². The van der Waals surface area contributed by atoms with Crippen molar-refractivity contribution in [1.29, 1.82) is 0 Å². The van der Waals surface area contributed by atoms with Crippen molar-refractivity contribution in [3.05, 3.63) is 35.9 Å². The lowest BCUT2D eigenvalue weighted by atomic mass is 9.97. The van der Waals surface area contributed by atoms with Crippen LogP contribution in [0.5, 0.6) is 0 Å². The molecule has 1 fully saturated rings. The van der Waals surface area contributed by atoms with Gasteiger partial charge in [0.25, 0.3) is 0 Å². The van der Waals surface area contributed by atoms with Gasteiger partial charge in [0, 0.05) is 39.8 Å². The molecule has 22 heavy (non-hydrogen) atoms. The molecule has 0 spiro atoms. The third kappa shape index (κ3) is 4.05. The second-order valence-corrected chi connectivity index (χ2v) is 5.47. The molecule has 1 saturated heterocycles. The van der Waals surface area contributed by atoms with E-state index < -0.39 is 0 Å². The Labute approximate surface area is 131 Å². The zero-order chi connectivity index (χ0) is 15.9. The number of piperazine rings is 1. The molecule has 2 rings (SSSR count). The highest BCUT2D eigenvalue weighted by Gasteiger charge is 2.28. The van der Waals surface area contributed by atoms with E-state index in [1.54, 1.807) is 7.05 Å². The summed E-state index contributed by atoms with van der Waals surface area (Å²) in [5.41, 5.74) is 6.77. The van der Waals surface area contributed by atoms with Crippen molar-refractivity contribution in [2.45, 2.75) is 5.92 Å². The molecule has 0 radical (unpaired) electrons. The van der Waals surface area contributed by atoms with Gasteiger partial charge in [-0.05, 0) is 5.56 Å². The van der Waals surface area contributed by atoms with E-state index in [0.29, 0.717) is 39.3 Å². The highest BCUT2D eigenvalue weighted by Crippen LogP contribution is 2.18. The molecule has 1 heterocycles. The van der Waals surface area contributed by atoms with Gasteiger partial charge in [-0.25, -0.2) is 0 Å². The van der Waals surface area contributed by atoms with Crippen LogP contribution in [0.4, 0.5) is 0 Å². The number of hydrogen-bond acceptors (Lipinski definition) is 4. The minimum atomic E-state index is -0.285. The summed E-state index contributed by atoms with van der Waals surface area (Å²) in [4.78, 5) is 28.0. The summed E-state index contributed by atoms with van der Waals surface area (Å²) < 4.78 is 0. The van der Waals surface area contributed by atoms with E-state index in [2.05, 4.69) is 10.2 Å². The maximum atomic E-state index is 12.7. The number of hydrogen-bond donors (Lipinski definition) is 2. The largest absolute Gasteiger partial charge is 0.358 e. The number of nitrogens with zero attached hydrogens (tertiary/aromatic N) is 2. The van der Waals surface area contributed by atoms with Crippen LogP contribution in [0.3, 0.4) is 0 Å². The molecule has 0 bridgehead atoms. The fourth-order valence-corrected chi connectivity index (χ4v) is 2.69. The van der Waals surface area contributed by atoms with Crippen molar-refractivity contribution in [2.24, 2.45) is 5.73 Å². The minimum Gasteiger partial charge on any atom is -0.358 e. The second-order valence-electron chi connectivity index (χ2n) is 5.47. The average molecular weight is 304 g/mol. The molecule has 6 nitrogen and oxygen atoms in total. The van der Waals surface area contributed by atoms with E-state index in [1.807, 2.05) is 35.2 Å². The Morgan fingerprint density at radius 3 is 2.36 bits per heavy atom. The summed E-state index contributed by atoms with van der Waals surface area (Å²) in [5, 5.41) is 2.62. The molecule has 2 amide bonds. The van der Waals surface area contributed by atoms with E-state index in [4.69, 9.17) is 5.73 Å². The van der Waals surface area contributed by atoms with Gasteiger partial charge in [-0.15, -0.1) is 0 Å². The van der Waals surface area contributed by atoms with E-state index in [9.17, 15) is 9.59 Å². The molecule has 1 aliphatic rings.